The van der Waals surface area contributed by atoms with Gasteiger partial charge in [0.15, 0.2) is 0 Å². The van der Waals surface area contributed by atoms with Crippen LogP contribution < -0.4 is 5.32 Å². The number of nitrogens with one attached hydrogen (secondary N) is 1. The minimum absolute atomic E-state index is 0.0314. The van der Waals surface area contributed by atoms with Crippen LogP contribution in [0.15, 0.2) is 42.5 Å². The number of halogens is 3. The van der Waals surface area contributed by atoms with Crippen LogP contribution in [0.4, 0.5) is 0 Å². The molecule has 8 heteroatoms. The van der Waals surface area contributed by atoms with Crippen LogP contribution >= 0.6 is 46.6 Å². The van der Waals surface area contributed by atoms with Crippen LogP contribution in [0.5, 0.6) is 0 Å². The molecule has 0 saturated carbocycles. The van der Waals surface area contributed by atoms with E-state index >= 15 is 0 Å². The summed E-state index contributed by atoms with van der Waals surface area (Å²) in [6, 6.07) is 12.1. The van der Waals surface area contributed by atoms with Crippen LogP contribution in [0.3, 0.4) is 0 Å². The summed E-state index contributed by atoms with van der Waals surface area (Å²) < 4.78 is 0. The van der Waals surface area contributed by atoms with E-state index in [4.69, 9.17) is 34.8 Å². The molecule has 0 bridgehead atoms. The molecule has 0 unspecified atom stereocenters. The van der Waals surface area contributed by atoms with E-state index in [0.29, 0.717) is 20.8 Å². The normalized spacial score (nSPS) is 12.8. The van der Waals surface area contributed by atoms with Crippen molar-refractivity contribution in [1.82, 2.24) is 10.2 Å². The molecule has 0 aromatic heterocycles. The zero-order chi connectivity index (χ0) is 23.0. The number of carbonyl (C=O) groups excluding carboxylic acids is 2. The van der Waals surface area contributed by atoms with Crippen molar-refractivity contribution in [3.05, 3.63) is 68.7 Å². The first-order valence-corrected chi connectivity index (χ1v) is 12.4. The van der Waals surface area contributed by atoms with Crippen molar-refractivity contribution in [1.29, 1.82) is 0 Å². The summed E-state index contributed by atoms with van der Waals surface area (Å²) in [6.07, 6.45) is 0.811. The topological polar surface area (TPSA) is 49.4 Å². The van der Waals surface area contributed by atoms with Gasteiger partial charge in [-0.1, -0.05) is 66.0 Å². The molecule has 0 radical (unpaired) electrons. The lowest BCUT2D eigenvalue weighted by Crippen LogP contribution is -2.50. The summed E-state index contributed by atoms with van der Waals surface area (Å²) in [5, 5.41) is 4.66. The zero-order valence-corrected chi connectivity index (χ0v) is 20.9. The summed E-state index contributed by atoms with van der Waals surface area (Å²) in [5.41, 5.74) is 1.59. The Morgan fingerprint density at radius 3 is 2.23 bits per heavy atom. The predicted molar refractivity (Wildman–Crippen MR) is 132 cm³/mol. The lowest BCUT2D eigenvalue weighted by atomic mass is 10.1. The van der Waals surface area contributed by atoms with Gasteiger partial charge in [0, 0.05) is 33.4 Å². The molecule has 0 aliphatic rings. The van der Waals surface area contributed by atoms with Crippen LogP contribution in [-0.4, -0.2) is 34.6 Å². The van der Waals surface area contributed by atoms with Gasteiger partial charge in [0.1, 0.15) is 6.04 Å². The Morgan fingerprint density at radius 1 is 1.00 bits per heavy atom. The number of hydrogen-bond acceptors (Lipinski definition) is 3. The second-order valence-electron chi connectivity index (χ2n) is 7.30. The fourth-order valence-corrected chi connectivity index (χ4v) is 4.69. The Morgan fingerprint density at radius 2 is 1.61 bits per heavy atom. The fourth-order valence-electron chi connectivity index (χ4n) is 2.85. The van der Waals surface area contributed by atoms with Gasteiger partial charge >= 0.3 is 0 Å². The maximum atomic E-state index is 13.1. The lowest BCUT2D eigenvalue weighted by molar-refractivity contribution is -0.138. The molecule has 0 fully saturated rings. The molecule has 2 amide bonds. The largest absolute Gasteiger partial charge is 0.352 e. The quantitative estimate of drug-likeness (QED) is 0.421. The number of amides is 2. The second-order valence-corrected chi connectivity index (χ2v) is 9.51. The third-order valence-electron chi connectivity index (χ3n) is 5.00. The summed E-state index contributed by atoms with van der Waals surface area (Å²) in [7, 11) is 0. The standard InChI is InChI=1S/C23H27Cl3N2O2S/c1-4-15(2)27-23(30)16(3)28(12-17-8-5-6-9-19(17)24)22(29)14-31-13-18-20(25)10-7-11-21(18)26/h5-11,15-16H,4,12-14H2,1-3H3,(H,27,30)/t15-,16+/m0/s1. The summed E-state index contributed by atoms with van der Waals surface area (Å²) >= 11 is 20.2. The molecule has 0 spiro atoms. The van der Waals surface area contributed by atoms with E-state index in [-0.39, 0.29) is 30.2 Å². The number of benzene rings is 2. The highest BCUT2D eigenvalue weighted by Crippen LogP contribution is 2.28. The van der Waals surface area contributed by atoms with Crippen molar-refractivity contribution >= 4 is 58.4 Å². The Kier molecular flexibility index (Phi) is 10.5. The fraction of sp³-hybridized carbons (Fsp3) is 0.391. The number of rotatable bonds is 10. The van der Waals surface area contributed by atoms with Gasteiger partial charge in [-0.2, -0.15) is 0 Å². The Balaban J connectivity index is 2.13. The maximum Gasteiger partial charge on any atom is 0.242 e. The van der Waals surface area contributed by atoms with Crippen molar-refractivity contribution in [3.63, 3.8) is 0 Å². The highest BCUT2D eigenvalue weighted by Gasteiger charge is 2.27. The summed E-state index contributed by atoms with van der Waals surface area (Å²) in [5.74, 6) is 0.346. The third kappa shape index (κ3) is 7.60. The molecule has 2 rings (SSSR count). The van der Waals surface area contributed by atoms with Gasteiger partial charge < -0.3 is 10.2 Å². The van der Waals surface area contributed by atoms with E-state index in [0.717, 1.165) is 17.5 Å². The molecule has 0 aliphatic heterocycles. The average molecular weight is 502 g/mol. The molecule has 1 N–H and O–H groups in total. The number of carbonyl (C=O) groups is 2. The number of thioether (sulfide) groups is 1. The number of nitrogens with zero attached hydrogens (tertiary/aromatic N) is 1. The van der Waals surface area contributed by atoms with Crippen molar-refractivity contribution in [2.24, 2.45) is 0 Å². The van der Waals surface area contributed by atoms with E-state index < -0.39 is 6.04 Å². The summed E-state index contributed by atoms with van der Waals surface area (Å²) in [4.78, 5) is 27.4. The van der Waals surface area contributed by atoms with Gasteiger partial charge in [0.25, 0.3) is 0 Å². The maximum absolute atomic E-state index is 13.1. The molecule has 0 saturated heterocycles. The van der Waals surface area contributed by atoms with Crippen molar-refractivity contribution in [2.45, 2.75) is 51.6 Å². The molecular weight excluding hydrogens is 475 g/mol. The molecule has 2 aromatic rings. The van der Waals surface area contributed by atoms with E-state index in [1.165, 1.54) is 11.8 Å². The Bertz CT molecular complexity index is 890. The van der Waals surface area contributed by atoms with Gasteiger partial charge in [0.2, 0.25) is 11.8 Å². The SMILES string of the molecule is CC[C@H](C)NC(=O)[C@@H](C)N(Cc1ccccc1Cl)C(=O)CSCc1c(Cl)cccc1Cl. The van der Waals surface area contributed by atoms with Gasteiger partial charge in [-0.15, -0.1) is 11.8 Å². The van der Waals surface area contributed by atoms with Crippen molar-refractivity contribution in [2.75, 3.05) is 5.75 Å². The molecular formula is C23H27Cl3N2O2S. The first kappa shape index (κ1) is 25.9. The Hall–Kier alpha value is -1.40. The predicted octanol–water partition coefficient (Wildman–Crippen LogP) is 6.21. The van der Waals surface area contributed by atoms with Gasteiger partial charge in [-0.3, -0.25) is 9.59 Å². The van der Waals surface area contributed by atoms with Crippen LogP contribution in [0.25, 0.3) is 0 Å². The van der Waals surface area contributed by atoms with Gasteiger partial charge in [0.05, 0.1) is 5.75 Å². The average Bonchev–Trinajstić information content (AvgIpc) is 2.74. The lowest BCUT2D eigenvalue weighted by Gasteiger charge is -2.30. The summed E-state index contributed by atoms with van der Waals surface area (Å²) in [6.45, 7) is 5.93. The van der Waals surface area contributed by atoms with Crippen molar-refractivity contribution in [3.8, 4) is 0 Å². The molecule has 0 heterocycles. The van der Waals surface area contributed by atoms with Gasteiger partial charge in [-0.05, 0) is 49.6 Å². The van der Waals surface area contributed by atoms with Crippen LogP contribution in [0.1, 0.15) is 38.3 Å². The third-order valence-corrected chi connectivity index (χ3v) is 7.02. The van der Waals surface area contributed by atoms with E-state index in [9.17, 15) is 9.59 Å². The smallest absolute Gasteiger partial charge is 0.242 e. The first-order chi connectivity index (χ1) is 14.7. The van der Waals surface area contributed by atoms with Crippen molar-refractivity contribution < 1.29 is 9.59 Å². The zero-order valence-electron chi connectivity index (χ0n) is 17.8. The van der Waals surface area contributed by atoms with Crippen LogP contribution in [-0.2, 0) is 21.9 Å². The minimum Gasteiger partial charge on any atom is -0.352 e. The van der Waals surface area contributed by atoms with Gasteiger partial charge in [-0.25, -0.2) is 0 Å². The monoisotopic (exact) mass is 500 g/mol. The van der Waals surface area contributed by atoms with E-state index in [1.54, 1.807) is 36.1 Å². The molecule has 2 atom stereocenters. The molecule has 31 heavy (non-hydrogen) atoms. The molecule has 168 valence electrons. The number of hydrogen-bond donors (Lipinski definition) is 1. The van der Waals surface area contributed by atoms with E-state index in [1.807, 2.05) is 32.0 Å². The second kappa shape index (κ2) is 12.6. The first-order valence-electron chi connectivity index (χ1n) is 10.1. The minimum atomic E-state index is -0.637. The van der Waals surface area contributed by atoms with E-state index in [2.05, 4.69) is 5.32 Å². The molecule has 2 aromatic carbocycles. The van der Waals surface area contributed by atoms with Crippen LogP contribution in [0.2, 0.25) is 15.1 Å². The highest BCUT2D eigenvalue weighted by molar-refractivity contribution is 7.99. The molecule has 4 nitrogen and oxygen atoms in total. The molecule has 0 aliphatic carbocycles. The highest BCUT2D eigenvalue weighted by atomic mass is 35.5. The van der Waals surface area contributed by atoms with Crippen LogP contribution in [0, 0.1) is 0 Å². The Labute approximate surface area is 203 Å².